The molecular formula is C17H31N3O. The summed E-state index contributed by atoms with van der Waals surface area (Å²) in [6.45, 7) is 8.05. The highest BCUT2D eigenvalue weighted by molar-refractivity contribution is 5.78. The van der Waals surface area contributed by atoms with E-state index < -0.39 is 0 Å². The van der Waals surface area contributed by atoms with E-state index >= 15 is 0 Å². The van der Waals surface area contributed by atoms with E-state index in [4.69, 9.17) is 0 Å². The topological polar surface area (TPSA) is 35.6 Å². The number of nitrogens with zero attached hydrogens (tertiary/aromatic N) is 2. The maximum atomic E-state index is 12.8. The van der Waals surface area contributed by atoms with Crippen molar-refractivity contribution in [1.29, 1.82) is 0 Å². The molecule has 0 aromatic rings. The maximum absolute atomic E-state index is 12.8. The molecule has 1 N–H and O–H groups in total. The highest BCUT2D eigenvalue weighted by Crippen LogP contribution is 2.35. The molecule has 4 heteroatoms. The Morgan fingerprint density at radius 1 is 1.14 bits per heavy atom. The fourth-order valence-electron chi connectivity index (χ4n) is 4.52. The Labute approximate surface area is 129 Å². The van der Waals surface area contributed by atoms with E-state index in [1.54, 1.807) is 0 Å². The lowest BCUT2D eigenvalue weighted by Gasteiger charge is -2.45. The normalized spacial score (nSPS) is 38.1. The molecule has 0 spiro atoms. The van der Waals surface area contributed by atoms with E-state index in [1.165, 1.54) is 38.5 Å². The van der Waals surface area contributed by atoms with Gasteiger partial charge in [-0.3, -0.25) is 9.69 Å². The Morgan fingerprint density at radius 3 is 2.76 bits per heavy atom. The molecule has 4 nitrogen and oxygen atoms in total. The van der Waals surface area contributed by atoms with Crippen LogP contribution >= 0.6 is 0 Å². The molecule has 0 radical (unpaired) electrons. The van der Waals surface area contributed by atoms with Crippen LogP contribution in [-0.2, 0) is 4.79 Å². The van der Waals surface area contributed by atoms with Crippen LogP contribution in [0.25, 0.3) is 0 Å². The van der Waals surface area contributed by atoms with Crippen LogP contribution in [0.3, 0.4) is 0 Å². The summed E-state index contributed by atoms with van der Waals surface area (Å²) < 4.78 is 0. The van der Waals surface area contributed by atoms with E-state index in [1.807, 2.05) is 0 Å². The number of rotatable bonds is 2. The maximum Gasteiger partial charge on any atom is 0.237 e. The number of piperazine rings is 1. The summed E-state index contributed by atoms with van der Waals surface area (Å²) in [5.74, 6) is 1.17. The summed E-state index contributed by atoms with van der Waals surface area (Å²) in [7, 11) is 0. The van der Waals surface area contributed by atoms with Crippen molar-refractivity contribution in [3.05, 3.63) is 0 Å². The first kappa shape index (κ1) is 15.3. The van der Waals surface area contributed by atoms with Gasteiger partial charge in [-0.2, -0.15) is 0 Å². The molecule has 1 amide bonds. The van der Waals surface area contributed by atoms with Gasteiger partial charge in [0.05, 0.1) is 6.54 Å². The van der Waals surface area contributed by atoms with Crippen LogP contribution in [0.5, 0.6) is 0 Å². The molecule has 4 unspecified atom stereocenters. The van der Waals surface area contributed by atoms with Gasteiger partial charge in [0.2, 0.25) is 5.91 Å². The van der Waals surface area contributed by atoms with Gasteiger partial charge in [-0.1, -0.05) is 12.8 Å². The number of nitrogens with one attached hydrogen (secondary N) is 1. The number of carbonyl (C=O) groups is 1. The minimum Gasteiger partial charge on any atom is -0.338 e. The van der Waals surface area contributed by atoms with Crippen LogP contribution in [0.15, 0.2) is 0 Å². The molecule has 3 rings (SSSR count). The quantitative estimate of drug-likeness (QED) is 0.844. The Balaban J connectivity index is 1.61. The van der Waals surface area contributed by atoms with Gasteiger partial charge in [-0.25, -0.2) is 0 Å². The highest BCUT2D eigenvalue weighted by Gasteiger charge is 2.36. The van der Waals surface area contributed by atoms with Gasteiger partial charge in [0.25, 0.3) is 0 Å². The van der Waals surface area contributed by atoms with Crippen LogP contribution < -0.4 is 5.32 Å². The predicted octanol–water partition coefficient (Wildman–Crippen LogP) is 1.85. The number of piperidine rings is 1. The summed E-state index contributed by atoms with van der Waals surface area (Å²) in [5.41, 5.74) is 0. The van der Waals surface area contributed by atoms with Crippen molar-refractivity contribution in [2.45, 2.75) is 70.5 Å². The highest BCUT2D eigenvalue weighted by atomic mass is 16.2. The third-order valence-corrected chi connectivity index (χ3v) is 5.80. The van der Waals surface area contributed by atoms with Gasteiger partial charge >= 0.3 is 0 Å². The van der Waals surface area contributed by atoms with Crippen molar-refractivity contribution in [2.24, 2.45) is 5.92 Å². The van der Waals surface area contributed by atoms with Crippen LogP contribution in [0.4, 0.5) is 0 Å². The third kappa shape index (κ3) is 3.42. The number of hydrogen-bond donors (Lipinski definition) is 1. The lowest BCUT2D eigenvalue weighted by Crippen LogP contribution is -2.58. The first-order chi connectivity index (χ1) is 10.1. The molecule has 3 fully saturated rings. The number of fused-ring (bicyclic) bond motifs is 1. The lowest BCUT2D eigenvalue weighted by atomic mass is 9.78. The molecule has 0 bridgehead atoms. The van der Waals surface area contributed by atoms with Crippen molar-refractivity contribution >= 4 is 5.91 Å². The molecule has 21 heavy (non-hydrogen) atoms. The average molecular weight is 293 g/mol. The molecule has 0 aromatic carbocycles. The number of likely N-dealkylation sites (tertiary alicyclic amines) is 1. The van der Waals surface area contributed by atoms with Crippen LogP contribution in [-0.4, -0.2) is 60.0 Å². The zero-order chi connectivity index (χ0) is 14.8. The second-order valence-corrected chi connectivity index (χ2v) is 7.43. The van der Waals surface area contributed by atoms with Crippen molar-refractivity contribution in [3.8, 4) is 0 Å². The van der Waals surface area contributed by atoms with Crippen molar-refractivity contribution in [2.75, 3.05) is 26.2 Å². The molecule has 2 aliphatic heterocycles. The Morgan fingerprint density at radius 2 is 1.90 bits per heavy atom. The van der Waals surface area contributed by atoms with E-state index in [2.05, 4.69) is 29.0 Å². The SMILES string of the molecule is CC1CN(CC(=O)N2CCCC3CCCCC32)C(C)CN1. The largest absolute Gasteiger partial charge is 0.338 e. The van der Waals surface area contributed by atoms with Crippen LogP contribution in [0.1, 0.15) is 52.4 Å². The third-order valence-electron chi connectivity index (χ3n) is 5.80. The summed E-state index contributed by atoms with van der Waals surface area (Å²) in [5, 5.41) is 3.49. The standard InChI is InChI=1S/C17H31N3O/c1-13-11-19(14(2)10-18-13)12-17(21)20-9-5-7-15-6-3-4-8-16(15)20/h13-16,18H,3-12H2,1-2H3. The van der Waals surface area contributed by atoms with Gasteiger partial charge < -0.3 is 10.2 Å². The molecule has 1 saturated carbocycles. The van der Waals surface area contributed by atoms with Crippen molar-refractivity contribution in [3.63, 3.8) is 0 Å². The summed E-state index contributed by atoms with van der Waals surface area (Å²) >= 11 is 0. The van der Waals surface area contributed by atoms with Crippen molar-refractivity contribution in [1.82, 2.24) is 15.1 Å². The van der Waals surface area contributed by atoms with Crippen molar-refractivity contribution < 1.29 is 4.79 Å². The molecule has 1 aliphatic carbocycles. The predicted molar refractivity (Wildman–Crippen MR) is 85.2 cm³/mol. The summed E-state index contributed by atoms with van der Waals surface area (Å²) in [6.07, 6.45) is 7.82. The second kappa shape index (κ2) is 6.66. The van der Waals surface area contributed by atoms with Gasteiger partial charge in [0, 0.05) is 37.8 Å². The Kier molecular flexibility index (Phi) is 4.85. The number of carbonyl (C=O) groups excluding carboxylic acids is 1. The summed E-state index contributed by atoms with van der Waals surface area (Å²) in [6, 6.07) is 1.52. The first-order valence-corrected chi connectivity index (χ1v) is 8.92. The zero-order valence-electron chi connectivity index (χ0n) is 13.7. The molecule has 0 aromatic heterocycles. The fraction of sp³-hybridized carbons (Fsp3) is 0.941. The average Bonchev–Trinajstić information content (AvgIpc) is 2.50. The smallest absolute Gasteiger partial charge is 0.237 e. The Hall–Kier alpha value is -0.610. The molecule has 3 aliphatic rings. The Bertz CT molecular complexity index is 371. The van der Waals surface area contributed by atoms with Gasteiger partial charge in [-0.05, 0) is 45.4 Å². The zero-order valence-corrected chi connectivity index (χ0v) is 13.7. The number of hydrogen-bond acceptors (Lipinski definition) is 3. The molecule has 4 atom stereocenters. The van der Waals surface area contributed by atoms with E-state index in [0.717, 1.165) is 25.6 Å². The second-order valence-electron chi connectivity index (χ2n) is 7.43. The van der Waals surface area contributed by atoms with E-state index in [9.17, 15) is 4.79 Å². The van der Waals surface area contributed by atoms with Crippen LogP contribution in [0.2, 0.25) is 0 Å². The molecule has 120 valence electrons. The van der Waals surface area contributed by atoms with E-state index in [-0.39, 0.29) is 0 Å². The molecular weight excluding hydrogens is 262 g/mol. The number of amides is 1. The lowest BCUT2D eigenvalue weighted by molar-refractivity contribution is -0.139. The van der Waals surface area contributed by atoms with Crippen LogP contribution in [0, 0.1) is 5.92 Å². The van der Waals surface area contributed by atoms with Gasteiger partial charge in [-0.15, -0.1) is 0 Å². The monoisotopic (exact) mass is 293 g/mol. The van der Waals surface area contributed by atoms with E-state index in [0.29, 0.717) is 30.6 Å². The van der Waals surface area contributed by atoms with Gasteiger partial charge in [0.1, 0.15) is 0 Å². The van der Waals surface area contributed by atoms with Gasteiger partial charge in [0.15, 0.2) is 0 Å². The molecule has 2 saturated heterocycles. The minimum absolute atomic E-state index is 0.382. The molecule has 2 heterocycles. The first-order valence-electron chi connectivity index (χ1n) is 8.92. The summed E-state index contributed by atoms with van der Waals surface area (Å²) in [4.78, 5) is 17.5. The fourth-order valence-corrected chi connectivity index (χ4v) is 4.52. The minimum atomic E-state index is 0.382.